The molecule has 0 aliphatic carbocycles. The van der Waals surface area contributed by atoms with E-state index in [2.05, 4.69) is 10.3 Å². The van der Waals surface area contributed by atoms with Crippen molar-refractivity contribution in [3.05, 3.63) is 21.9 Å². The number of hydrogen-bond acceptors (Lipinski definition) is 3. The first kappa shape index (κ1) is 13.1. The van der Waals surface area contributed by atoms with Crippen LogP contribution in [0.1, 0.15) is 5.56 Å². The Labute approximate surface area is 99.1 Å². The second-order valence-corrected chi connectivity index (χ2v) is 3.56. The molecular weight excluding hydrogens is 266 g/mol. The largest absolute Gasteiger partial charge is 0.405 e. The van der Waals surface area contributed by atoms with Gasteiger partial charge in [0.25, 0.3) is 0 Å². The van der Waals surface area contributed by atoms with Gasteiger partial charge in [-0.1, -0.05) is 23.2 Å². The minimum Gasteiger partial charge on any atom is -0.376 e. The van der Waals surface area contributed by atoms with Gasteiger partial charge in [-0.15, -0.1) is 0 Å². The van der Waals surface area contributed by atoms with Gasteiger partial charge in [-0.3, -0.25) is 0 Å². The van der Waals surface area contributed by atoms with Gasteiger partial charge in [0.15, 0.2) is 0 Å². The summed E-state index contributed by atoms with van der Waals surface area (Å²) in [6.07, 6.45) is -3.55. The van der Waals surface area contributed by atoms with Crippen molar-refractivity contribution in [2.45, 2.75) is 6.18 Å². The highest BCUT2D eigenvalue weighted by Crippen LogP contribution is 2.26. The molecule has 0 aromatic carbocycles. The zero-order valence-electron chi connectivity index (χ0n) is 7.70. The normalized spacial score (nSPS) is 11.3. The van der Waals surface area contributed by atoms with Gasteiger partial charge in [0.05, 0.1) is 5.56 Å². The summed E-state index contributed by atoms with van der Waals surface area (Å²) in [5.74, 6) is 0. The fourth-order valence-corrected chi connectivity index (χ4v) is 1.46. The van der Waals surface area contributed by atoms with E-state index in [1.807, 2.05) is 0 Å². The summed E-state index contributed by atoms with van der Waals surface area (Å²) in [5, 5.41) is 8.96. The van der Waals surface area contributed by atoms with Crippen LogP contribution in [0.5, 0.6) is 0 Å². The van der Waals surface area contributed by atoms with Crippen molar-refractivity contribution in [3.63, 3.8) is 0 Å². The smallest absolute Gasteiger partial charge is 0.376 e. The maximum absolute atomic E-state index is 12.0. The van der Waals surface area contributed by atoms with Crippen LogP contribution >= 0.6 is 23.2 Å². The average Bonchev–Trinajstić information content (AvgIpc) is 2.12. The van der Waals surface area contributed by atoms with Gasteiger partial charge in [-0.05, 0) is 6.07 Å². The zero-order valence-corrected chi connectivity index (χ0v) is 9.21. The van der Waals surface area contributed by atoms with Crippen molar-refractivity contribution < 1.29 is 13.2 Å². The average molecular weight is 272 g/mol. The van der Waals surface area contributed by atoms with E-state index in [0.717, 1.165) is 6.21 Å². The van der Waals surface area contributed by atoms with E-state index in [1.54, 1.807) is 0 Å². The van der Waals surface area contributed by atoms with Gasteiger partial charge in [-0.2, -0.15) is 13.2 Å². The molecule has 0 aliphatic rings. The Balaban J connectivity index is 2.98. The molecule has 0 amide bonds. The number of pyridine rings is 1. The number of anilines is 1. The highest BCUT2D eigenvalue weighted by molar-refractivity contribution is 6.34. The lowest BCUT2D eigenvalue weighted by Crippen LogP contribution is -2.22. The third-order valence-electron chi connectivity index (χ3n) is 1.60. The van der Waals surface area contributed by atoms with Crippen LogP contribution in [-0.4, -0.2) is 23.9 Å². The Bertz CT molecular complexity index is 406. The lowest BCUT2D eigenvalue weighted by Gasteiger charge is -2.12. The Hall–Kier alpha value is -1.01. The predicted molar refractivity (Wildman–Crippen MR) is 56.7 cm³/mol. The third-order valence-corrected chi connectivity index (χ3v) is 2.09. The summed E-state index contributed by atoms with van der Waals surface area (Å²) in [6.45, 7) is -1.23. The van der Waals surface area contributed by atoms with E-state index in [9.17, 15) is 13.2 Å². The maximum Gasteiger partial charge on any atom is 0.405 e. The Morgan fingerprint density at radius 2 is 2.06 bits per heavy atom. The number of aromatic nitrogens is 1. The lowest BCUT2D eigenvalue weighted by molar-refractivity contribution is -0.115. The molecule has 1 heterocycles. The monoisotopic (exact) mass is 271 g/mol. The molecule has 16 heavy (non-hydrogen) atoms. The molecule has 0 radical (unpaired) electrons. The Morgan fingerprint density at radius 1 is 1.44 bits per heavy atom. The first-order valence-electron chi connectivity index (χ1n) is 4.00. The van der Waals surface area contributed by atoms with Crippen molar-refractivity contribution in [2.24, 2.45) is 0 Å². The van der Waals surface area contributed by atoms with E-state index in [0.29, 0.717) is 0 Å². The summed E-state index contributed by atoms with van der Waals surface area (Å²) in [4.78, 5) is 3.61. The second kappa shape index (κ2) is 4.88. The topological polar surface area (TPSA) is 48.8 Å². The zero-order chi connectivity index (χ0) is 12.3. The molecule has 1 rings (SSSR count). The SMILES string of the molecule is N=Cc1c(NCC(F)(F)F)cc(Cl)nc1Cl. The predicted octanol–water partition coefficient (Wildman–Crippen LogP) is 3.36. The van der Waals surface area contributed by atoms with E-state index in [-0.39, 0.29) is 21.6 Å². The van der Waals surface area contributed by atoms with Crippen LogP contribution in [-0.2, 0) is 0 Å². The molecule has 0 saturated carbocycles. The Kier molecular flexibility index (Phi) is 3.98. The summed E-state index contributed by atoms with van der Waals surface area (Å²) >= 11 is 11.2. The van der Waals surface area contributed by atoms with Crippen LogP contribution < -0.4 is 5.32 Å². The minimum absolute atomic E-state index is 0.0253. The minimum atomic E-state index is -4.36. The highest BCUT2D eigenvalue weighted by atomic mass is 35.5. The number of alkyl halides is 3. The molecule has 1 aromatic heterocycles. The fraction of sp³-hybridized carbons (Fsp3) is 0.250. The standard InChI is InChI=1S/C8H6Cl2F3N3/c9-6-1-5(15-3-8(11,12)13)4(2-14)7(10)16-6/h1-2,14H,3H2,(H,15,16). The molecule has 8 heteroatoms. The summed E-state index contributed by atoms with van der Waals surface area (Å²) in [6, 6.07) is 1.18. The molecule has 0 unspecified atom stereocenters. The van der Waals surface area contributed by atoms with Gasteiger partial charge < -0.3 is 10.7 Å². The third kappa shape index (κ3) is 3.53. The van der Waals surface area contributed by atoms with Crippen molar-refractivity contribution in [2.75, 3.05) is 11.9 Å². The van der Waals surface area contributed by atoms with Crippen LogP contribution in [0.25, 0.3) is 0 Å². The summed E-state index contributed by atoms with van der Waals surface area (Å²) < 4.78 is 35.9. The van der Waals surface area contributed by atoms with Crippen LogP contribution in [0, 0.1) is 5.41 Å². The van der Waals surface area contributed by atoms with E-state index < -0.39 is 12.7 Å². The van der Waals surface area contributed by atoms with Crippen LogP contribution in [0.4, 0.5) is 18.9 Å². The van der Waals surface area contributed by atoms with Gasteiger partial charge in [-0.25, -0.2) is 4.98 Å². The van der Waals surface area contributed by atoms with Crippen molar-refractivity contribution in [1.29, 1.82) is 5.41 Å². The second-order valence-electron chi connectivity index (χ2n) is 2.81. The van der Waals surface area contributed by atoms with Crippen LogP contribution in [0.3, 0.4) is 0 Å². The molecular formula is C8H6Cl2F3N3. The highest BCUT2D eigenvalue weighted by Gasteiger charge is 2.27. The molecule has 1 aromatic rings. The lowest BCUT2D eigenvalue weighted by atomic mass is 10.2. The van der Waals surface area contributed by atoms with Crippen LogP contribution in [0.2, 0.25) is 10.3 Å². The van der Waals surface area contributed by atoms with E-state index in [4.69, 9.17) is 28.6 Å². The molecule has 3 nitrogen and oxygen atoms in total. The van der Waals surface area contributed by atoms with Gasteiger partial charge in [0.2, 0.25) is 0 Å². The number of nitrogens with one attached hydrogen (secondary N) is 2. The summed E-state index contributed by atoms with van der Waals surface area (Å²) in [5.41, 5.74) is 0.0904. The van der Waals surface area contributed by atoms with Gasteiger partial charge in [0.1, 0.15) is 16.9 Å². The number of nitrogens with zero attached hydrogens (tertiary/aromatic N) is 1. The first-order chi connectivity index (χ1) is 7.33. The van der Waals surface area contributed by atoms with E-state index >= 15 is 0 Å². The number of hydrogen-bond donors (Lipinski definition) is 2. The van der Waals surface area contributed by atoms with Crippen molar-refractivity contribution in [3.8, 4) is 0 Å². The maximum atomic E-state index is 12.0. The van der Waals surface area contributed by atoms with Crippen molar-refractivity contribution in [1.82, 2.24) is 4.98 Å². The van der Waals surface area contributed by atoms with Crippen molar-refractivity contribution >= 4 is 35.1 Å². The molecule has 0 aliphatic heterocycles. The molecule has 0 bridgehead atoms. The molecule has 0 atom stereocenters. The molecule has 0 spiro atoms. The fourth-order valence-electron chi connectivity index (χ4n) is 0.973. The quantitative estimate of drug-likeness (QED) is 0.654. The molecule has 0 fully saturated rings. The van der Waals surface area contributed by atoms with Crippen LogP contribution in [0.15, 0.2) is 6.07 Å². The molecule has 2 N–H and O–H groups in total. The van der Waals surface area contributed by atoms with Gasteiger partial charge >= 0.3 is 6.18 Å². The number of rotatable bonds is 3. The van der Waals surface area contributed by atoms with Gasteiger partial charge in [0, 0.05) is 11.9 Å². The summed E-state index contributed by atoms with van der Waals surface area (Å²) in [7, 11) is 0. The van der Waals surface area contributed by atoms with E-state index in [1.165, 1.54) is 6.07 Å². The molecule has 0 saturated heterocycles. The molecule has 88 valence electrons. The first-order valence-corrected chi connectivity index (χ1v) is 4.76. The number of halogens is 5. The Morgan fingerprint density at radius 3 is 2.56 bits per heavy atom.